The van der Waals surface area contributed by atoms with E-state index in [4.69, 9.17) is 18.3 Å². The molecule has 1 saturated heterocycles. The molecule has 5 aromatic carbocycles. The van der Waals surface area contributed by atoms with Gasteiger partial charge in [0.15, 0.2) is 0 Å². The van der Waals surface area contributed by atoms with Crippen LogP contribution in [0.2, 0.25) is 10.1 Å². The topological polar surface area (TPSA) is 57.2 Å². The van der Waals surface area contributed by atoms with Crippen molar-refractivity contribution >= 4 is 43.3 Å². The largest absolute Gasteiger partial charge is 0.497 e. The lowest BCUT2D eigenvalue weighted by molar-refractivity contribution is -0.131. The minimum absolute atomic E-state index is 0.0935. The van der Waals surface area contributed by atoms with Gasteiger partial charge in [0, 0.05) is 36.3 Å². The Bertz CT molecular complexity index is 2410. The number of hydrogen-bond acceptors (Lipinski definition) is 5. The van der Waals surface area contributed by atoms with E-state index in [9.17, 15) is 4.79 Å². The molecule has 6 nitrogen and oxygen atoms in total. The van der Waals surface area contributed by atoms with Gasteiger partial charge >= 0.3 is 0 Å². The van der Waals surface area contributed by atoms with Crippen LogP contribution in [-0.2, 0) is 20.2 Å². The van der Waals surface area contributed by atoms with Gasteiger partial charge in [-0.15, -0.1) is 5.92 Å². The summed E-state index contributed by atoms with van der Waals surface area (Å²) in [6.07, 6.45) is 9.41. The highest BCUT2D eigenvalue weighted by Crippen LogP contribution is 2.55. The predicted molar refractivity (Wildman–Crippen MR) is 281 cm³/mol. The maximum absolute atomic E-state index is 14.8. The van der Waals surface area contributed by atoms with Crippen molar-refractivity contribution in [2.45, 2.75) is 128 Å². The molecular weight excluding hydrogens is 859 g/mol. The molecule has 1 saturated carbocycles. The third-order valence-corrected chi connectivity index (χ3v) is 24.6. The van der Waals surface area contributed by atoms with Gasteiger partial charge in [-0.25, -0.2) is 0 Å². The number of fused-ring (bicyclic) bond motifs is 1. The second-order valence-electron chi connectivity index (χ2n) is 20.6. The Balaban J connectivity index is 1.41. The minimum atomic E-state index is -3.08. The van der Waals surface area contributed by atoms with Crippen LogP contribution in [0.3, 0.4) is 0 Å². The van der Waals surface area contributed by atoms with E-state index in [-0.39, 0.29) is 40.0 Å². The molecule has 7 rings (SSSR count). The number of unbranched alkanes of at least 4 members (excludes halogenated alkanes) is 2. The summed E-state index contributed by atoms with van der Waals surface area (Å²) in [5, 5.41) is 4.53. The van der Waals surface area contributed by atoms with Crippen molar-refractivity contribution in [1.29, 1.82) is 0 Å². The molecule has 0 radical (unpaired) electrons. The molecule has 67 heavy (non-hydrogen) atoms. The molecule has 0 spiro atoms. The van der Waals surface area contributed by atoms with E-state index >= 15 is 0 Å². The molecule has 352 valence electrons. The lowest BCUT2D eigenvalue weighted by Crippen LogP contribution is -2.68. The SMILES string of the molecule is CC#CC12CC(O[Si](c3ccccc3)(c3ccccc3)C(C)(C)C)C(C=C[C@H](CCCCC)O[Si](c3ccccc3)(c3ccccc3)C(C)(C)C)C1CC(=O)N2Cc1ccc(OC)cc1OC. The van der Waals surface area contributed by atoms with Gasteiger partial charge in [0.05, 0.1) is 33.0 Å². The summed E-state index contributed by atoms with van der Waals surface area (Å²) < 4.78 is 27.6. The van der Waals surface area contributed by atoms with Gasteiger partial charge in [0.2, 0.25) is 5.91 Å². The van der Waals surface area contributed by atoms with Crippen molar-refractivity contribution in [3.8, 4) is 23.3 Å². The first-order chi connectivity index (χ1) is 32.2. The maximum Gasteiger partial charge on any atom is 0.261 e. The third-order valence-electron chi connectivity index (χ3n) is 14.5. The zero-order chi connectivity index (χ0) is 47.9. The van der Waals surface area contributed by atoms with E-state index in [1.54, 1.807) is 14.2 Å². The lowest BCUT2D eigenvalue weighted by Gasteiger charge is -2.46. The number of methoxy groups -OCH3 is 2. The number of ether oxygens (including phenoxy) is 2. The highest BCUT2D eigenvalue weighted by molar-refractivity contribution is 7.00. The fraction of sp³-hybridized carbons (Fsp3) is 0.407. The van der Waals surface area contributed by atoms with Crippen molar-refractivity contribution in [2.75, 3.05) is 14.2 Å². The third kappa shape index (κ3) is 9.76. The Kier molecular flexibility index (Phi) is 15.6. The highest BCUT2D eigenvalue weighted by Gasteiger charge is 2.64. The van der Waals surface area contributed by atoms with Crippen molar-refractivity contribution in [3.63, 3.8) is 0 Å². The molecule has 8 heteroatoms. The number of likely N-dealkylation sites (tertiary alicyclic amines) is 1. The number of carbonyl (C=O) groups excluding carboxylic acids is 1. The number of benzene rings is 5. The van der Waals surface area contributed by atoms with Crippen molar-refractivity contribution in [2.24, 2.45) is 11.8 Å². The first-order valence-corrected chi connectivity index (χ1v) is 28.2. The second kappa shape index (κ2) is 21.0. The molecule has 2 aliphatic rings. The standard InChI is InChI=1S/C59H73NO5Si2/c1-11-13-18-27-46(64-66(57(3,4)5,48-28-19-14-20-29-48)49-30-21-15-22-31-49)38-39-52-53-42-56(61)60(44-45-36-37-47(62-9)41-54(45)63-10)59(53,40-12-2)43-55(52)65-67(58(6,7)8,50-32-23-16-24-33-50)51-34-25-17-26-35-51/h14-17,19-26,28-39,41,46,52-53,55H,11,13,18,27,42-44H2,1-10H3/t46-,52?,53?,55?,59?/m0/s1. The molecule has 1 aliphatic carbocycles. The molecule has 0 bridgehead atoms. The molecular formula is C59H73NO5Si2. The van der Waals surface area contributed by atoms with Gasteiger partial charge in [-0.3, -0.25) is 4.79 Å². The summed E-state index contributed by atoms with van der Waals surface area (Å²) in [6, 6.07) is 49.6. The van der Waals surface area contributed by atoms with E-state index in [0.29, 0.717) is 30.9 Å². The molecule has 1 aliphatic heterocycles. The smallest absolute Gasteiger partial charge is 0.261 e. The summed E-state index contributed by atoms with van der Waals surface area (Å²) in [5.74, 6) is 8.29. The van der Waals surface area contributed by atoms with Gasteiger partial charge in [0.25, 0.3) is 16.6 Å². The number of nitrogens with zero attached hydrogens (tertiary/aromatic N) is 1. The Labute approximate surface area is 404 Å². The molecule has 5 atom stereocenters. The van der Waals surface area contributed by atoms with Crippen LogP contribution in [0, 0.1) is 23.7 Å². The highest BCUT2D eigenvalue weighted by atomic mass is 28.4. The van der Waals surface area contributed by atoms with Crippen LogP contribution in [0.5, 0.6) is 11.5 Å². The van der Waals surface area contributed by atoms with E-state index in [1.165, 1.54) is 20.7 Å². The van der Waals surface area contributed by atoms with Gasteiger partial charge in [0.1, 0.15) is 17.0 Å². The number of rotatable bonds is 18. The molecule has 5 aromatic rings. The molecule has 4 unspecified atom stereocenters. The van der Waals surface area contributed by atoms with E-state index < -0.39 is 22.2 Å². The fourth-order valence-electron chi connectivity index (χ4n) is 11.4. The summed E-state index contributed by atoms with van der Waals surface area (Å²) >= 11 is 0. The van der Waals surface area contributed by atoms with Crippen LogP contribution >= 0.6 is 0 Å². The number of carbonyl (C=O) groups is 1. The fourth-order valence-corrected chi connectivity index (χ4v) is 20.7. The number of amides is 1. The maximum atomic E-state index is 14.8. The van der Waals surface area contributed by atoms with E-state index in [0.717, 1.165) is 31.2 Å². The first kappa shape index (κ1) is 49.7. The average molecular weight is 932 g/mol. The van der Waals surface area contributed by atoms with E-state index in [2.05, 4.69) is 194 Å². The van der Waals surface area contributed by atoms with Gasteiger partial charge in [-0.2, -0.15) is 0 Å². The van der Waals surface area contributed by atoms with Gasteiger partial charge in [-0.1, -0.05) is 207 Å². The lowest BCUT2D eigenvalue weighted by atomic mass is 9.83. The van der Waals surface area contributed by atoms with Crippen molar-refractivity contribution in [3.05, 3.63) is 157 Å². The summed E-state index contributed by atoms with van der Waals surface area (Å²) in [5.41, 5.74) is 0.117. The van der Waals surface area contributed by atoms with Crippen LogP contribution in [0.15, 0.2) is 152 Å². The zero-order valence-electron chi connectivity index (χ0n) is 41.7. The van der Waals surface area contributed by atoms with Gasteiger partial charge in [-0.05, 0) is 56.3 Å². The van der Waals surface area contributed by atoms with Crippen molar-refractivity contribution in [1.82, 2.24) is 4.90 Å². The van der Waals surface area contributed by atoms with Crippen LogP contribution in [0.4, 0.5) is 0 Å². The Morgan fingerprint density at radius 2 is 1.25 bits per heavy atom. The normalized spacial score (nSPS) is 20.4. The van der Waals surface area contributed by atoms with Crippen LogP contribution < -0.4 is 30.2 Å². The molecule has 0 aromatic heterocycles. The molecule has 1 amide bonds. The molecule has 0 N–H and O–H groups in total. The average Bonchev–Trinajstić information content (AvgIpc) is 3.75. The van der Waals surface area contributed by atoms with E-state index in [1.807, 2.05) is 30.0 Å². The monoisotopic (exact) mass is 932 g/mol. The van der Waals surface area contributed by atoms with Crippen molar-refractivity contribution < 1.29 is 23.1 Å². The summed E-state index contributed by atoms with van der Waals surface area (Å²) in [7, 11) is -2.68. The van der Waals surface area contributed by atoms with Gasteiger partial charge < -0.3 is 23.2 Å². The number of hydrogen-bond donors (Lipinski definition) is 0. The second-order valence-corrected chi connectivity index (χ2v) is 29.1. The first-order valence-electron chi connectivity index (χ1n) is 24.4. The van der Waals surface area contributed by atoms with Crippen LogP contribution in [0.1, 0.15) is 99.5 Å². The van der Waals surface area contributed by atoms with Crippen LogP contribution in [0.25, 0.3) is 0 Å². The molecule has 2 fully saturated rings. The summed E-state index contributed by atoms with van der Waals surface area (Å²) in [4.78, 5) is 16.8. The quantitative estimate of drug-likeness (QED) is 0.0379. The Hall–Kier alpha value is -5.18. The minimum Gasteiger partial charge on any atom is -0.497 e. The predicted octanol–water partition coefficient (Wildman–Crippen LogP) is 10.9. The summed E-state index contributed by atoms with van der Waals surface area (Å²) in [6.45, 7) is 18.6. The molecule has 1 heterocycles. The van der Waals surface area contributed by atoms with Crippen LogP contribution in [-0.4, -0.2) is 59.4 Å². The zero-order valence-corrected chi connectivity index (χ0v) is 43.7. The Morgan fingerprint density at radius 3 is 1.72 bits per heavy atom. The Morgan fingerprint density at radius 1 is 0.731 bits per heavy atom.